The molecule has 0 saturated heterocycles. The van der Waals surface area contributed by atoms with E-state index in [0.29, 0.717) is 25.1 Å². The molecule has 1 aromatic heterocycles. The molecule has 0 unspecified atom stereocenters. The third-order valence-corrected chi connectivity index (χ3v) is 2.24. The van der Waals surface area contributed by atoms with Gasteiger partial charge in [0.25, 0.3) is 0 Å². The van der Waals surface area contributed by atoms with Gasteiger partial charge in [0.2, 0.25) is 5.91 Å². The third-order valence-electron chi connectivity index (χ3n) is 2.24. The van der Waals surface area contributed by atoms with Crippen molar-refractivity contribution in [3.63, 3.8) is 0 Å². The minimum absolute atomic E-state index is 0.0165. The molecule has 0 atom stereocenters. The Balaban J connectivity index is 2.44. The van der Waals surface area contributed by atoms with Crippen LogP contribution in [0.5, 0.6) is 0 Å². The van der Waals surface area contributed by atoms with Crippen LogP contribution in [-0.2, 0) is 16.9 Å². The Kier molecular flexibility index (Phi) is 4.00. The predicted molar refractivity (Wildman–Crippen MR) is 58.6 cm³/mol. The van der Waals surface area contributed by atoms with Gasteiger partial charge in [-0.1, -0.05) is 5.21 Å². The number of nitrogens with one attached hydrogen (secondary N) is 1. The van der Waals surface area contributed by atoms with Gasteiger partial charge in [0.05, 0.1) is 6.20 Å². The monoisotopic (exact) mass is 226 g/mol. The highest BCUT2D eigenvalue weighted by atomic mass is 16.3. The molecule has 6 nitrogen and oxygen atoms in total. The average Bonchev–Trinajstić information content (AvgIpc) is 2.65. The number of hydrogen-bond acceptors (Lipinski definition) is 4. The number of hydrogen-bond donors (Lipinski definition) is 2. The van der Waals surface area contributed by atoms with Gasteiger partial charge in [-0.15, -0.1) is 5.10 Å². The van der Waals surface area contributed by atoms with E-state index in [1.807, 2.05) is 0 Å². The lowest BCUT2D eigenvalue weighted by Gasteiger charge is -2.11. The summed E-state index contributed by atoms with van der Waals surface area (Å²) in [6.45, 7) is 3.94. The maximum atomic E-state index is 11.0. The maximum absolute atomic E-state index is 11.0. The molecule has 0 fully saturated rings. The minimum atomic E-state index is -0.973. The highest BCUT2D eigenvalue weighted by Crippen LogP contribution is 2.15. The van der Waals surface area contributed by atoms with Crippen molar-refractivity contribution in [3.05, 3.63) is 11.9 Å². The van der Waals surface area contributed by atoms with Gasteiger partial charge in [0.15, 0.2) is 0 Å². The van der Waals surface area contributed by atoms with E-state index in [0.717, 1.165) is 0 Å². The highest BCUT2D eigenvalue weighted by Gasteiger charge is 2.19. The summed E-state index contributed by atoms with van der Waals surface area (Å²) in [5.74, 6) is 0.0165. The molecule has 6 heteroatoms. The summed E-state index contributed by atoms with van der Waals surface area (Å²) in [7, 11) is 1.62. The van der Waals surface area contributed by atoms with Crippen LogP contribution in [0.15, 0.2) is 6.20 Å². The third kappa shape index (κ3) is 3.62. The zero-order valence-electron chi connectivity index (χ0n) is 9.90. The summed E-state index contributed by atoms with van der Waals surface area (Å²) in [6.07, 6.45) is 2.87. The molecule has 2 N–H and O–H groups in total. The Labute approximate surface area is 94.7 Å². The van der Waals surface area contributed by atoms with Crippen LogP contribution in [0.4, 0.5) is 0 Å². The molecule has 1 amide bonds. The molecule has 0 aliphatic rings. The van der Waals surface area contributed by atoms with Gasteiger partial charge in [0, 0.05) is 20.0 Å². The van der Waals surface area contributed by atoms with E-state index in [1.165, 1.54) is 0 Å². The molecule has 0 aliphatic heterocycles. The van der Waals surface area contributed by atoms with Gasteiger partial charge < -0.3 is 10.4 Å². The molecule has 0 aliphatic carbocycles. The topological polar surface area (TPSA) is 80.0 Å². The number of aryl methyl sites for hydroxylation is 1. The van der Waals surface area contributed by atoms with Gasteiger partial charge in [-0.3, -0.25) is 9.48 Å². The van der Waals surface area contributed by atoms with Crippen LogP contribution in [0.2, 0.25) is 0 Å². The molecular weight excluding hydrogens is 208 g/mol. The molecule has 16 heavy (non-hydrogen) atoms. The fourth-order valence-corrected chi connectivity index (χ4v) is 1.21. The summed E-state index contributed by atoms with van der Waals surface area (Å²) in [5, 5.41) is 20.0. The number of rotatable bonds is 5. The second-order valence-electron chi connectivity index (χ2n) is 4.20. The molecule has 0 spiro atoms. The van der Waals surface area contributed by atoms with Gasteiger partial charge >= 0.3 is 0 Å². The van der Waals surface area contributed by atoms with E-state index >= 15 is 0 Å². The second-order valence-corrected chi connectivity index (χ2v) is 4.20. The van der Waals surface area contributed by atoms with Crippen molar-refractivity contribution in [3.8, 4) is 0 Å². The van der Waals surface area contributed by atoms with Crippen molar-refractivity contribution in [1.29, 1.82) is 0 Å². The molecule has 1 rings (SSSR count). The Morgan fingerprint density at radius 1 is 1.62 bits per heavy atom. The molecule has 90 valence electrons. The summed E-state index contributed by atoms with van der Waals surface area (Å²) in [5.41, 5.74) is -0.439. The first-order valence-electron chi connectivity index (χ1n) is 5.27. The van der Waals surface area contributed by atoms with Crippen molar-refractivity contribution in [2.75, 3.05) is 7.05 Å². The summed E-state index contributed by atoms with van der Waals surface area (Å²) >= 11 is 0. The Hall–Kier alpha value is -1.43. The van der Waals surface area contributed by atoms with Crippen molar-refractivity contribution in [1.82, 2.24) is 20.3 Å². The van der Waals surface area contributed by atoms with E-state index in [1.54, 1.807) is 31.8 Å². The molecule has 1 heterocycles. The van der Waals surface area contributed by atoms with Gasteiger partial charge in [-0.05, 0) is 20.3 Å². The first-order valence-corrected chi connectivity index (χ1v) is 5.27. The van der Waals surface area contributed by atoms with Gasteiger partial charge in [-0.25, -0.2) is 0 Å². The summed E-state index contributed by atoms with van der Waals surface area (Å²) < 4.78 is 1.64. The lowest BCUT2D eigenvalue weighted by molar-refractivity contribution is -0.120. The normalized spacial score (nSPS) is 11.5. The predicted octanol–water partition coefficient (Wildman–Crippen LogP) is 0.0317. The lowest BCUT2D eigenvalue weighted by atomic mass is 10.1. The number of nitrogens with zero attached hydrogens (tertiary/aromatic N) is 3. The number of carbonyl (C=O) groups is 1. The minimum Gasteiger partial charge on any atom is -0.384 e. The summed E-state index contributed by atoms with van der Waals surface area (Å²) in [4.78, 5) is 11.0. The molecular formula is C10H18N4O2. The van der Waals surface area contributed by atoms with Gasteiger partial charge in [0.1, 0.15) is 11.3 Å². The van der Waals surface area contributed by atoms with Gasteiger partial charge in [-0.2, -0.15) is 0 Å². The van der Waals surface area contributed by atoms with Crippen LogP contribution >= 0.6 is 0 Å². The number of amides is 1. The Bertz CT molecular complexity index is 354. The highest BCUT2D eigenvalue weighted by molar-refractivity contribution is 5.75. The standard InChI is InChI=1S/C10H18N4O2/c1-10(2,16)8-7-14(13-12-8)6-4-5-9(15)11-3/h7,16H,4-6H2,1-3H3,(H,11,15). The summed E-state index contributed by atoms with van der Waals surface area (Å²) in [6, 6.07) is 0. The molecule has 0 bridgehead atoms. The zero-order valence-corrected chi connectivity index (χ0v) is 9.90. The lowest BCUT2D eigenvalue weighted by Crippen LogP contribution is -2.18. The van der Waals surface area contributed by atoms with E-state index in [4.69, 9.17) is 0 Å². The second kappa shape index (κ2) is 5.07. The van der Waals surface area contributed by atoms with E-state index < -0.39 is 5.60 Å². The van der Waals surface area contributed by atoms with Crippen LogP contribution in [0.25, 0.3) is 0 Å². The maximum Gasteiger partial charge on any atom is 0.219 e. The fraction of sp³-hybridized carbons (Fsp3) is 0.700. The quantitative estimate of drug-likeness (QED) is 0.742. The number of aromatic nitrogens is 3. The zero-order chi connectivity index (χ0) is 12.2. The van der Waals surface area contributed by atoms with Crippen molar-refractivity contribution < 1.29 is 9.90 Å². The van der Waals surface area contributed by atoms with E-state index in [2.05, 4.69) is 15.6 Å². The molecule has 0 saturated carbocycles. The van der Waals surface area contributed by atoms with E-state index in [-0.39, 0.29) is 5.91 Å². The van der Waals surface area contributed by atoms with Crippen molar-refractivity contribution in [2.45, 2.75) is 38.8 Å². The number of carbonyl (C=O) groups excluding carboxylic acids is 1. The van der Waals surface area contributed by atoms with Crippen molar-refractivity contribution >= 4 is 5.91 Å². The van der Waals surface area contributed by atoms with Crippen LogP contribution in [0.3, 0.4) is 0 Å². The van der Waals surface area contributed by atoms with Crippen LogP contribution in [0.1, 0.15) is 32.4 Å². The Morgan fingerprint density at radius 2 is 2.31 bits per heavy atom. The smallest absolute Gasteiger partial charge is 0.219 e. The Morgan fingerprint density at radius 3 is 2.81 bits per heavy atom. The SMILES string of the molecule is CNC(=O)CCCn1cc(C(C)(C)O)nn1. The van der Waals surface area contributed by atoms with Crippen LogP contribution in [-0.4, -0.2) is 33.1 Å². The molecule has 1 aromatic rings. The number of aliphatic hydroxyl groups is 1. The first-order chi connectivity index (χ1) is 7.43. The molecule has 0 aromatic carbocycles. The first kappa shape index (κ1) is 12.6. The average molecular weight is 226 g/mol. The van der Waals surface area contributed by atoms with E-state index in [9.17, 15) is 9.90 Å². The van der Waals surface area contributed by atoms with Crippen LogP contribution < -0.4 is 5.32 Å². The van der Waals surface area contributed by atoms with Crippen LogP contribution in [0, 0.1) is 0 Å². The van der Waals surface area contributed by atoms with Crippen molar-refractivity contribution in [2.24, 2.45) is 0 Å². The largest absolute Gasteiger partial charge is 0.384 e. The fourth-order valence-electron chi connectivity index (χ4n) is 1.21. The molecule has 0 radical (unpaired) electrons.